The van der Waals surface area contributed by atoms with E-state index in [0.717, 1.165) is 61.6 Å². The van der Waals surface area contributed by atoms with Gasteiger partial charge in [-0.1, -0.05) is 170 Å². The minimum atomic E-state index is 0.872. The van der Waals surface area contributed by atoms with Crippen molar-refractivity contribution in [1.82, 2.24) is 0 Å². The normalized spacial score (nSPS) is 11.2. The van der Waals surface area contributed by atoms with E-state index in [1.54, 1.807) is 0 Å². The van der Waals surface area contributed by atoms with Crippen LogP contribution in [0.15, 0.2) is 229 Å². The molecule has 0 aliphatic heterocycles. The van der Waals surface area contributed by atoms with Crippen molar-refractivity contribution in [1.29, 1.82) is 0 Å². The highest BCUT2D eigenvalue weighted by atomic mass is 16.3. The van der Waals surface area contributed by atoms with Gasteiger partial charge in [-0.2, -0.15) is 0 Å². The molecule has 2 nitrogen and oxygen atoms in total. The minimum Gasteiger partial charge on any atom is -0.456 e. The van der Waals surface area contributed by atoms with Crippen LogP contribution in [0.1, 0.15) is 0 Å². The van der Waals surface area contributed by atoms with Crippen LogP contribution in [0, 0.1) is 0 Å². The molecule has 9 aromatic carbocycles. The van der Waals surface area contributed by atoms with Gasteiger partial charge in [0.1, 0.15) is 11.3 Å². The highest BCUT2D eigenvalue weighted by molar-refractivity contribution is 5.91. The smallest absolute Gasteiger partial charge is 0.135 e. The predicted molar refractivity (Wildman–Crippen MR) is 236 cm³/mol. The van der Waals surface area contributed by atoms with Crippen LogP contribution >= 0.6 is 0 Å². The number of rotatable bonds is 8. The fourth-order valence-corrected chi connectivity index (χ4v) is 7.76. The molecule has 0 amide bonds. The van der Waals surface area contributed by atoms with Gasteiger partial charge >= 0.3 is 0 Å². The molecule has 0 aliphatic rings. The highest BCUT2D eigenvalue weighted by Crippen LogP contribution is 2.42. The maximum absolute atomic E-state index is 6.22. The minimum absolute atomic E-state index is 0.872. The summed E-state index contributed by atoms with van der Waals surface area (Å²) < 4.78 is 6.22. The third kappa shape index (κ3) is 6.44. The second kappa shape index (κ2) is 14.4. The number of benzene rings is 9. The molecule has 0 unspecified atom stereocenters. The molecule has 10 aromatic rings. The van der Waals surface area contributed by atoms with Crippen LogP contribution in [-0.2, 0) is 0 Å². The molecule has 0 atom stereocenters. The summed E-state index contributed by atoms with van der Waals surface area (Å²) in [6.07, 6.45) is 0. The molecular formula is C54H37NO. The van der Waals surface area contributed by atoms with Crippen molar-refractivity contribution in [2.45, 2.75) is 0 Å². The van der Waals surface area contributed by atoms with Gasteiger partial charge in [0, 0.05) is 27.9 Å². The SMILES string of the molecule is c1ccc(-c2ccc(-c3ccccc3N(c3ccc(-c4cccc(-c5cc6ccccc6o5)c4)cc3)c3ccc(-c4ccc5ccccc5c4)cc3)cc2)cc1. The van der Waals surface area contributed by atoms with E-state index in [0.29, 0.717) is 0 Å². The van der Waals surface area contributed by atoms with Crippen molar-refractivity contribution in [3.05, 3.63) is 224 Å². The van der Waals surface area contributed by atoms with Gasteiger partial charge in [0.15, 0.2) is 0 Å². The fraction of sp³-hybridized carbons (Fsp3) is 0. The largest absolute Gasteiger partial charge is 0.456 e. The molecule has 10 rings (SSSR count). The van der Waals surface area contributed by atoms with Gasteiger partial charge in [0.05, 0.1) is 5.69 Å². The zero-order valence-corrected chi connectivity index (χ0v) is 30.7. The standard InChI is InChI=1S/C54H37NO/c1-2-11-38(12-3-1)40-21-24-43(25-22-40)51-18-7-8-19-52(51)55(50-33-29-42(30-34-50)46-26-23-39-13-4-5-14-44(39)35-46)49-31-27-41(28-32-49)45-16-10-17-47(36-45)54-37-48-15-6-9-20-53(48)56-54/h1-37H. The molecule has 0 fully saturated rings. The van der Waals surface area contributed by atoms with Crippen LogP contribution in [0.2, 0.25) is 0 Å². The molecule has 2 heteroatoms. The first kappa shape index (κ1) is 33.2. The van der Waals surface area contributed by atoms with Gasteiger partial charge in [0.25, 0.3) is 0 Å². The summed E-state index contributed by atoms with van der Waals surface area (Å²) in [5.74, 6) is 0.872. The number of hydrogen-bond acceptors (Lipinski definition) is 2. The Labute approximate surface area is 327 Å². The van der Waals surface area contributed by atoms with Crippen LogP contribution in [0.4, 0.5) is 17.1 Å². The Kier molecular flexibility index (Phi) is 8.55. The van der Waals surface area contributed by atoms with Crippen molar-refractivity contribution >= 4 is 38.8 Å². The second-order valence-electron chi connectivity index (χ2n) is 14.2. The summed E-state index contributed by atoms with van der Waals surface area (Å²) in [5.41, 5.74) is 14.6. The lowest BCUT2D eigenvalue weighted by atomic mass is 9.97. The van der Waals surface area contributed by atoms with Crippen molar-refractivity contribution in [2.75, 3.05) is 4.90 Å². The van der Waals surface area contributed by atoms with E-state index in [1.807, 2.05) is 18.2 Å². The van der Waals surface area contributed by atoms with Crippen LogP contribution in [0.25, 0.3) is 77.6 Å². The Hall–Kier alpha value is -7.42. The van der Waals surface area contributed by atoms with E-state index in [-0.39, 0.29) is 0 Å². The summed E-state index contributed by atoms with van der Waals surface area (Å²) in [5, 5.41) is 3.60. The molecule has 56 heavy (non-hydrogen) atoms. The lowest BCUT2D eigenvalue weighted by Crippen LogP contribution is -2.11. The van der Waals surface area contributed by atoms with E-state index in [2.05, 4.69) is 211 Å². The summed E-state index contributed by atoms with van der Waals surface area (Å²) in [4.78, 5) is 2.37. The Balaban J connectivity index is 1.04. The van der Waals surface area contributed by atoms with Gasteiger partial charge < -0.3 is 9.32 Å². The van der Waals surface area contributed by atoms with Crippen LogP contribution in [0.3, 0.4) is 0 Å². The molecule has 0 spiro atoms. The lowest BCUT2D eigenvalue weighted by molar-refractivity contribution is 0.631. The van der Waals surface area contributed by atoms with Crippen LogP contribution < -0.4 is 4.90 Å². The molecule has 0 N–H and O–H groups in total. The molecular weight excluding hydrogens is 679 g/mol. The second-order valence-corrected chi connectivity index (χ2v) is 14.2. The van der Waals surface area contributed by atoms with Gasteiger partial charge in [-0.3, -0.25) is 0 Å². The van der Waals surface area contributed by atoms with Gasteiger partial charge in [0.2, 0.25) is 0 Å². The fourth-order valence-electron chi connectivity index (χ4n) is 7.76. The first-order chi connectivity index (χ1) is 27.7. The first-order valence-electron chi connectivity index (χ1n) is 19.1. The van der Waals surface area contributed by atoms with E-state index in [9.17, 15) is 0 Å². The number of para-hydroxylation sites is 2. The Morgan fingerprint density at radius 1 is 0.286 bits per heavy atom. The maximum atomic E-state index is 6.22. The number of anilines is 3. The molecule has 0 saturated heterocycles. The highest BCUT2D eigenvalue weighted by Gasteiger charge is 2.18. The summed E-state index contributed by atoms with van der Waals surface area (Å²) in [6, 6.07) is 80.1. The number of furan rings is 1. The third-order valence-corrected chi connectivity index (χ3v) is 10.7. The van der Waals surface area contributed by atoms with Crippen molar-refractivity contribution < 1.29 is 4.42 Å². The summed E-state index contributed by atoms with van der Waals surface area (Å²) in [7, 11) is 0. The van der Waals surface area contributed by atoms with Gasteiger partial charge in [-0.05, 0) is 104 Å². The summed E-state index contributed by atoms with van der Waals surface area (Å²) in [6.45, 7) is 0. The third-order valence-electron chi connectivity index (χ3n) is 10.7. The molecule has 0 aliphatic carbocycles. The monoisotopic (exact) mass is 715 g/mol. The Bertz CT molecular complexity index is 2910. The van der Waals surface area contributed by atoms with E-state index >= 15 is 0 Å². The Morgan fingerprint density at radius 2 is 0.786 bits per heavy atom. The lowest BCUT2D eigenvalue weighted by Gasteiger charge is -2.28. The van der Waals surface area contributed by atoms with Gasteiger partial charge in [-0.15, -0.1) is 0 Å². The topological polar surface area (TPSA) is 16.4 Å². The Morgan fingerprint density at radius 3 is 1.52 bits per heavy atom. The molecule has 0 radical (unpaired) electrons. The average Bonchev–Trinajstić information content (AvgIpc) is 3.72. The van der Waals surface area contributed by atoms with Crippen LogP contribution in [-0.4, -0.2) is 0 Å². The number of fused-ring (bicyclic) bond motifs is 2. The zero-order chi connectivity index (χ0) is 37.3. The van der Waals surface area contributed by atoms with E-state index in [4.69, 9.17) is 4.42 Å². The van der Waals surface area contributed by atoms with Crippen LogP contribution in [0.5, 0.6) is 0 Å². The zero-order valence-electron chi connectivity index (χ0n) is 30.7. The number of nitrogens with zero attached hydrogens (tertiary/aromatic N) is 1. The van der Waals surface area contributed by atoms with Crippen molar-refractivity contribution in [3.63, 3.8) is 0 Å². The van der Waals surface area contributed by atoms with Crippen molar-refractivity contribution in [3.8, 4) is 55.8 Å². The van der Waals surface area contributed by atoms with Crippen molar-refractivity contribution in [2.24, 2.45) is 0 Å². The number of hydrogen-bond donors (Lipinski definition) is 0. The molecule has 0 bridgehead atoms. The summed E-state index contributed by atoms with van der Waals surface area (Å²) >= 11 is 0. The predicted octanol–water partition coefficient (Wildman–Crippen LogP) is 15.4. The quantitative estimate of drug-likeness (QED) is 0.156. The molecule has 1 heterocycles. The molecule has 1 aromatic heterocycles. The maximum Gasteiger partial charge on any atom is 0.135 e. The molecule has 264 valence electrons. The van der Waals surface area contributed by atoms with E-state index < -0.39 is 0 Å². The first-order valence-corrected chi connectivity index (χ1v) is 19.1. The average molecular weight is 716 g/mol. The van der Waals surface area contributed by atoms with Gasteiger partial charge in [-0.25, -0.2) is 0 Å². The van der Waals surface area contributed by atoms with E-state index in [1.165, 1.54) is 33.0 Å². The molecule has 0 saturated carbocycles.